The van der Waals surface area contributed by atoms with Crippen LogP contribution >= 0.6 is 15.9 Å². The lowest BCUT2D eigenvalue weighted by molar-refractivity contribution is 0.554. The quantitative estimate of drug-likeness (QED) is 0.875. The highest BCUT2D eigenvalue weighted by Crippen LogP contribution is 2.18. The molecule has 1 aromatic heterocycles. The number of halogens is 1. The van der Waals surface area contributed by atoms with Crippen LogP contribution in [0.3, 0.4) is 0 Å². The summed E-state index contributed by atoms with van der Waals surface area (Å²) < 4.78 is 6.25. The summed E-state index contributed by atoms with van der Waals surface area (Å²) in [5.74, 6) is 0.871. The average Bonchev–Trinajstić information content (AvgIpc) is 2.58. The first-order chi connectivity index (χ1) is 6.74. The molecule has 0 saturated heterocycles. The molecule has 1 heterocycles. The van der Waals surface area contributed by atoms with Gasteiger partial charge in [0.2, 0.25) is 0 Å². The van der Waals surface area contributed by atoms with Crippen LogP contribution < -0.4 is 5.32 Å². The van der Waals surface area contributed by atoms with Crippen LogP contribution in [0.15, 0.2) is 27.3 Å². The molecular weight excluding hydrogens is 242 g/mol. The molecule has 0 aromatic carbocycles. The van der Waals surface area contributed by atoms with E-state index in [1.54, 1.807) is 6.26 Å². The predicted molar refractivity (Wildman–Crippen MR) is 63.2 cm³/mol. The molecule has 0 fully saturated rings. The Hall–Kier alpha value is -0.540. The smallest absolute Gasteiger partial charge is 0.140 e. The fourth-order valence-corrected chi connectivity index (χ4v) is 1.43. The summed E-state index contributed by atoms with van der Waals surface area (Å²) in [5.41, 5.74) is 0. The van der Waals surface area contributed by atoms with E-state index < -0.39 is 0 Å². The second-order valence-corrected chi connectivity index (χ2v) is 4.09. The van der Waals surface area contributed by atoms with E-state index >= 15 is 0 Å². The predicted octanol–water partition coefficient (Wildman–Crippen LogP) is 3.44. The van der Waals surface area contributed by atoms with Crippen molar-refractivity contribution < 1.29 is 4.42 Å². The van der Waals surface area contributed by atoms with Gasteiger partial charge in [0.05, 0.1) is 10.7 Å². The Morgan fingerprint density at radius 2 is 2.43 bits per heavy atom. The Labute approximate surface area is 93.5 Å². The molecule has 3 heteroatoms. The molecule has 0 radical (unpaired) electrons. The standard InChI is InChI=1S/C11H16BrNO/c1-3-7-13-9(2)4-5-11-10(12)6-8-14-11/h4-6,8-9,13H,3,7H2,1-2H3/b5-4+. The first kappa shape index (κ1) is 11.5. The van der Waals surface area contributed by atoms with E-state index in [-0.39, 0.29) is 0 Å². The molecule has 78 valence electrons. The Morgan fingerprint density at radius 1 is 1.64 bits per heavy atom. The summed E-state index contributed by atoms with van der Waals surface area (Å²) in [6, 6.07) is 2.27. The first-order valence-electron chi connectivity index (χ1n) is 4.88. The van der Waals surface area contributed by atoms with Crippen LogP contribution in [0.2, 0.25) is 0 Å². The molecule has 0 spiro atoms. The van der Waals surface area contributed by atoms with E-state index in [4.69, 9.17) is 4.42 Å². The van der Waals surface area contributed by atoms with Crippen molar-refractivity contribution in [3.8, 4) is 0 Å². The first-order valence-corrected chi connectivity index (χ1v) is 5.68. The Balaban J connectivity index is 2.43. The number of nitrogens with one attached hydrogen (secondary N) is 1. The molecule has 1 rings (SSSR count). The van der Waals surface area contributed by atoms with Gasteiger partial charge in [0.1, 0.15) is 5.76 Å². The van der Waals surface area contributed by atoms with Crippen molar-refractivity contribution in [1.29, 1.82) is 0 Å². The van der Waals surface area contributed by atoms with Gasteiger partial charge in [0.25, 0.3) is 0 Å². The summed E-state index contributed by atoms with van der Waals surface area (Å²) in [5, 5.41) is 3.37. The summed E-state index contributed by atoms with van der Waals surface area (Å²) >= 11 is 3.40. The fourth-order valence-electron chi connectivity index (χ4n) is 1.10. The molecule has 0 aliphatic carbocycles. The molecule has 0 aliphatic rings. The van der Waals surface area contributed by atoms with Crippen LogP contribution in [0.4, 0.5) is 0 Å². The molecule has 1 aromatic rings. The minimum absolute atomic E-state index is 0.381. The molecule has 0 amide bonds. The normalized spacial score (nSPS) is 13.6. The van der Waals surface area contributed by atoms with Gasteiger partial charge in [-0.1, -0.05) is 13.0 Å². The van der Waals surface area contributed by atoms with Crippen LogP contribution in [0.25, 0.3) is 6.08 Å². The molecule has 0 aliphatic heterocycles. The van der Waals surface area contributed by atoms with Gasteiger partial charge >= 0.3 is 0 Å². The van der Waals surface area contributed by atoms with Crippen molar-refractivity contribution in [2.45, 2.75) is 26.3 Å². The Morgan fingerprint density at radius 3 is 3.00 bits per heavy atom. The summed E-state index contributed by atoms with van der Waals surface area (Å²) in [4.78, 5) is 0. The molecular formula is C11H16BrNO. The maximum atomic E-state index is 5.26. The average molecular weight is 258 g/mol. The van der Waals surface area contributed by atoms with Crippen LogP contribution in [-0.2, 0) is 0 Å². The van der Waals surface area contributed by atoms with Crippen LogP contribution in [-0.4, -0.2) is 12.6 Å². The second-order valence-electron chi connectivity index (χ2n) is 3.23. The van der Waals surface area contributed by atoms with Crippen molar-refractivity contribution in [2.75, 3.05) is 6.54 Å². The maximum Gasteiger partial charge on any atom is 0.140 e. The SMILES string of the molecule is CCCNC(C)/C=C/c1occc1Br. The zero-order valence-corrected chi connectivity index (χ0v) is 10.2. The van der Waals surface area contributed by atoms with Gasteiger partial charge in [0, 0.05) is 6.04 Å². The van der Waals surface area contributed by atoms with Gasteiger partial charge in [-0.25, -0.2) is 0 Å². The van der Waals surface area contributed by atoms with Crippen molar-refractivity contribution in [3.63, 3.8) is 0 Å². The lowest BCUT2D eigenvalue weighted by Crippen LogP contribution is -2.24. The third kappa shape index (κ3) is 3.68. The van der Waals surface area contributed by atoms with Crippen molar-refractivity contribution in [3.05, 3.63) is 28.6 Å². The van der Waals surface area contributed by atoms with Gasteiger partial charge in [-0.15, -0.1) is 0 Å². The van der Waals surface area contributed by atoms with Crippen molar-refractivity contribution in [1.82, 2.24) is 5.32 Å². The van der Waals surface area contributed by atoms with Gasteiger partial charge in [-0.05, 0) is 48.0 Å². The van der Waals surface area contributed by atoms with Gasteiger partial charge < -0.3 is 9.73 Å². The Kier molecular flexibility index (Phi) is 4.98. The molecule has 1 N–H and O–H groups in total. The minimum Gasteiger partial charge on any atom is -0.464 e. The highest BCUT2D eigenvalue weighted by atomic mass is 79.9. The van der Waals surface area contributed by atoms with E-state index in [1.165, 1.54) is 0 Å². The van der Waals surface area contributed by atoms with Crippen molar-refractivity contribution >= 4 is 22.0 Å². The van der Waals surface area contributed by atoms with Crippen LogP contribution in [0.5, 0.6) is 0 Å². The molecule has 0 saturated carbocycles. The van der Waals surface area contributed by atoms with Gasteiger partial charge in [0.15, 0.2) is 0 Å². The van der Waals surface area contributed by atoms with Crippen molar-refractivity contribution in [2.24, 2.45) is 0 Å². The number of hydrogen-bond donors (Lipinski definition) is 1. The van der Waals surface area contributed by atoms with E-state index in [0.29, 0.717) is 6.04 Å². The fraction of sp³-hybridized carbons (Fsp3) is 0.455. The Bertz CT molecular complexity index is 293. The molecule has 0 bridgehead atoms. The maximum absolute atomic E-state index is 5.26. The van der Waals surface area contributed by atoms with Gasteiger partial charge in [-0.3, -0.25) is 0 Å². The second kappa shape index (κ2) is 6.04. The largest absolute Gasteiger partial charge is 0.464 e. The number of rotatable bonds is 5. The molecule has 1 unspecified atom stereocenters. The molecule has 2 nitrogen and oxygen atoms in total. The monoisotopic (exact) mass is 257 g/mol. The van der Waals surface area contributed by atoms with E-state index in [1.807, 2.05) is 12.1 Å². The number of hydrogen-bond acceptors (Lipinski definition) is 2. The topological polar surface area (TPSA) is 25.2 Å². The summed E-state index contributed by atoms with van der Waals surface area (Å²) in [7, 11) is 0. The third-order valence-corrected chi connectivity index (χ3v) is 2.55. The van der Waals surface area contributed by atoms with E-state index in [9.17, 15) is 0 Å². The highest BCUT2D eigenvalue weighted by Gasteiger charge is 1.99. The number of furan rings is 1. The zero-order chi connectivity index (χ0) is 10.4. The van der Waals surface area contributed by atoms with E-state index in [0.717, 1.165) is 23.2 Å². The lowest BCUT2D eigenvalue weighted by atomic mass is 10.2. The van der Waals surface area contributed by atoms with Crippen LogP contribution in [0.1, 0.15) is 26.0 Å². The molecule has 14 heavy (non-hydrogen) atoms. The minimum atomic E-state index is 0.381. The lowest BCUT2D eigenvalue weighted by Gasteiger charge is -2.06. The van der Waals surface area contributed by atoms with Gasteiger partial charge in [-0.2, -0.15) is 0 Å². The third-order valence-electron chi connectivity index (χ3n) is 1.90. The summed E-state index contributed by atoms with van der Waals surface area (Å²) in [6.45, 7) is 5.33. The van der Waals surface area contributed by atoms with E-state index in [2.05, 4.69) is 41.2 Å². The summed E-state index contributed by atoms with van der Waals surface area (Å²) in [6.07, 6.45) is 6.91. The highest BCUT2D eigenvalue weighted by molar-refractivity contribution is 9.10. The molecule has 1 atom stereocenters. The zero-order valence-electron chi connectivity index (χ0n) is 8.59. The van der Waals surface area contributed by atoms with Crippen LogP contribution in [0, 0.1) is 0 Å².